The van der Waals surface area contributed by atoms with Crippen LogP contribution in [0.15, 0.2) is 45.4 Å². The van der Waals surface area contributed by atoms with Gasteiger partial charge in [-0.2, -0.15) is 0 Å². The Balaban J connectivity index is 1.55. The molecule has 8 nitrogen and oxygen atoms in total. The number of nitrogens with zero attached hydrogens (tertiary/aromatic N) is 1. The van der Waals surface area contributed by atoms with Crippen LogP contribution in [0.1, 0.15) is 29.9 Å². The third-order valence-electron chi connectivity index (χ3n) is 4.75. The fraction of sp³-hybridized carbons (Fsp3) is 0.391. The molecule has 2 heterocycles. The van der Waals surface area contributed by atoms with Gasteiger partial charge < -0.3 is 28.2 Å². The van der Waals surface area contributed by atoms with E-state index in [0.29, 0.717) is 53.9 Å². The first-order chi connectivity index (χ1) is 15.5. The van der Waals surface area contributed by atoms with Crippen LogP contribution in [0.2, 0.25) is 0 Å². The molecule has 1 atom stereocenters. The zero-order valence-electron chi connectivity index (χ0n) is 18.0. The first-order valence-electron chi connectivity index (χ1n) is 10.2. The number of oxazole rings is 1. The van der Waals surface area contributed by atoms with Gasteiger partial charge in [0.15, 0.2) is 23.4 Å². The minimum Gasteiger partial charge on any atom is -0.493 e. The lowest BCUT2D eigenvalue weighted by atomic mass is 10.1. The van der Waals surface area contributed by atoms with Crippen LogP contribution >= 0.6 is 11.6 Å². The predicted octanol–water partition coefficient (Wildman–Crippen LogP) is 4.30. The summed E-state index contributed by atoms with van der Waals surface area (Å²) in [6, 6.07) is 9.16. The van der Waals surface area contributed by atoms with Crippen molar-refractivity contribution in [3.63, 3.8) is 0 Å². The standard InChI is InChI=1S/C23H26ClNO7/c1-15-17(25-22(32-15)20-7-4-11-29-20)14-31-19-9-8-16(13-21(19)28-2)5-3-6-18(26)23(27)30-12-10-24/h4,7-9,11,13,18,26H,3,5-6,10,12,14H2,1-2H3/t18-/m0/s1. The number of carbonyl (C=O) groups is 1. The molecule has 0 spiro atoms. The van der Waals surface area contributed by atoms with E-state index in [1.54, 1.807) is 25.5 Å². The van der Waals surface area contributed by atoms with Crippen LogP contribution in [-0.2, 0) is 22.6 Å². The Labute approximate surface area is 191 Å². The van der Waals surface area contributed by atoms with E-state index in [9.17, 15) is 9.90 Å². The SMILES string of the molecule is COc1cc(CCC[C@H](O)C(=O)OCCCl)ccc1OCc1nc(-c2ccco2)oc1C. The average Bonchev–Trinajstić information content (AvgIpc) is 3.46. The summed E-state index contributed by atoms with van der Waals surface area (Å²) in [4.78, 5) is 16.0. The Morgan fingerprint density at radius 1 is 1.28 bits per heavy atom. The number of hydrogen-bond acceptors (Lipinski definition) is 8. The lowest BCUT2D eigenvalue weighted by Gasteiger charge is -2.12. The fourth-order valence-corrected chi connectivity index (χ4v) is 3.13. The van der Waals surface area contributed by atoms with Crippen molar-refractivity contribution in [3.05, 3.63) is 53.6 Å². The van der Waals surface area contributed by atoms with Gasteiger partial charge in [-0.1, -0.05) is 6.07 Å². The number of carbonyl (C=O) groups excluding carboxylic acids is 1. The van der Waals surface area contributed by atoms with E-state index in [1.807, 2.05) is 25.1 Å². The average molecular weight is 464 g/mol. The molecule has 0 bridgehead atoms. The summed E-state index contributed by atoms with van der Waals surface area (Å²) in [6.07, 6.45) is 1.97. The first kappa shape index (κ1) is 23.7. The molecule has 0 saturated carbocycles. The number of halogens is 1. The smallest absolute Gasteiger partial charge is 0.334 e. The molecule has 2 aromatic heterocycles. The van der Waals surface area contributed by atoms with Gasteiger partial charge >= 0.3 is 5.97 Å². The second-order valence-electron chi connectivity index (χ2n) is 7.04. The van der Waals surface area contributed by atoms with Crippen LogP contribution in [-0.4, -0.2) is 41.8 Å². The molecule has 0 fully saturated rings. The van der Waals surface area contributed by atoms with Gasteiger partial charge in [-0.25, -0.2) is 9.78 Å². The molecule has 9 heteroatoms. The number of aryl methyl sites for hydroxylation is 2. The third-order valence-corrected chi connectivity index (χ3v) is 4.91. The minimum absolute atomic E-state index is 0.0914. The number of aliphatic hydroxyl groups excluding tert-OH is 1. The minimum atomic E-state index is -1.15. The van der Waals surface area contributed by atoms with Crippen LogP contribution in [0.3, 0.4) is 0 Å². The van der Waals surface area contributed by atoms with Crippen LogP contribution in [0, 0.1) is 6.92 Å². The van der Waals surface area contributed by atoms with E-state index in [2.05, 4.69) is 4.98 Å². The van der Waals surface area contributed by atoms with E-state index in [1.165, 1.54) is 0 Å². The second-order valence-corrected chi connectivity index (χ2v) is 7.42. The largest absolute Gasteiger partial charge is 0.493 e. The number of rotatable bonds is 12. The molecular formula is C23H26ClNO7. The normalized spacial score (nSPS) is 11.9. The summed E-state index contributed by atoms with van der Waals surface area (Å²) in [6.45, 7) is 2.12. The number of furan rings is 1. The van der Waals surface area contributed by atoms with Gasteiger partial charge in [0.1, 0.15) is 24.7 Å². The Kier molecular flexibility index (Phi) is 8.58. The third kappa shape index (κ3) is 6.27. The molecule has 32 heavy (non-hydrogen) atoms. The topological polar surface area (TPSA) is 104 Å². The molecule has 1 N–H and O–H groups in total. The summed E-state index contributed by atoms with van der Waals surface area (Å²) >= 11 is 5.47. The number of aliphatic hydroxyl groups is 1. The Morgan fingerprint density at radius 2 is 2.12 bits per heavy atom. The Morgan fingerprint density at radius 3 is 2.84 bits per heavy atom. The number of hydrogen-bond donors (Lipinski definition) is 1. The van der Waals surface area contributed by atoms with Crippen molar-refractivity contribution in [1.82, 2.24) is 4.98 Å². The van der Waals surface area contributed by atoms with Gasteiger partial charge in [0.2, 0.25) is 0 Å². The molecule has 0 amide bonds. The van der Waals surface area contributed by atoms with Gasteiger partial charge in [0.25, 0.3) is 5.89 Å². The Hall–Kier alpha value is -2.97. The maximum atomic E-state index is 11.6. The molecule has 172 valence electrons. The molecule has 1 aromatic carbocycles. The van der Waals surface area contributed by atoms with Gasteiger partial charge in [-0.05, 0) is 56.0 Å². The van der Waals surface area contributed by atoms with Crippen LogP contribution in [0.5, 0.6) is 11.5 Å². The van der Waals surface area contributed by atoms with E-state index < -0.39 is 12.1 Å². The highest BCUT2D eigenvalue weighted by atomic mass is 35.5. The van der Waals surface area contributed by atoms with Crippen molar-refractivity contribution >= 4 is 17.6 Å². The monoisotopic (exact) mass is 463 g/mol. The van der Waals surface area contributed by atoms with Gasteiger partial charge in [-0.15, -0.1) is 11.6 Å². The highest BCUT2D eigenvalue weighted by Crippen LogP contribution is 2.30. The first-order valence-corrected chi connectivity index (χ1v) is 10.8. The maximum absolute atomic E-state index is 11.6. The van der Waals surface area contributed by atoms with Gasteiger partial charge in [-0.3, -0.25) is 0 Å². The lowest BCUT2D eigenvalue weighted by molar-refractivity contribution is -0.153. The van der Waals surface area contributed by atoms with E-state index >= 15 is 0 Å². The van der Waals surface area contributed by atoms with Crippen molar-refractivity contribution in [3.8, 4) is 23.1 Å². The number of esters is 1. The van der Waals surface area contributed by atoms with Crippen LogP contribution in [0.4, 0.5) is 0 Å². The summed E-state index contributed by atoms with van der Waals surface area (Å²) in [5.74, 6) is 2.31. The molecule has 0 radical (unpaired) electrons. The number of benzene rings is 1. The molecule has 0 aliphatic carbocycles. The van der Waals surface area contributed by atoms with Gasteiger partial charge in [0, 0.05) is 0 Å². The number of alkyl halides is 1. The maximum Gasteiger partial charge on any atom is 0.334 e. The number of methoxy groups -OCH3 is 1. The van der Waals surface area contributed by atoms with Crippen LogP contribution in [0.25, 0.3) is 11.7 Å². The molecule has 3 aromatic rings. The molecule has 0 aliphatic rings. The predicted molar refractivity (Wildman–Crippen MR) is 117 cm³/mol. The van der Waals surface area contributed by atoms with Crippen molar-refractivity contribution in [1.29, 1.82) is 0 Å². The van der Waals surface area contributed by atoms with Crippen molar-refractivity contribution in [2.24, 2.45) is 0 Å². The van der Waals surface area contributed by atoms with Crippen LogP contribution < -0.4 is 9.47 Å². The second kappa shape index (κ2) is 11.6. The lowest BCUT2D eigenvalue weighted by Crippen LogP contribution is -2.23. The highest BCUT2D eigenvalue weighted by molar-refractivity contribution is 6.18. The summed E-state index contributed by atoms with van der Waals surface area (Å²) in [5, 5.41) is 9.85. The molecule has 0 unspecified atom stereocenters. The quantitative estimate of drug-likeness (QED) is 0.313. The molecule has 0 saturated heterocycles. The van der Waals surface area contributed by atoms with E-state index in [-0.39, 0.29) is 19.1 Å². The molecule has 3 rings (SSSR count). The van der Waals surface area contributed by atoms with Gasteiger partial charge in [0.05, 0.1) is 19.3 Å². The summed E-state index contributed by atoms with van der Waals surface area (Å²) in [7, 11) is 1.57. The van der Waals surface area contributed by atoms with Crippen molar-refractivity contribution in [2.45, 2.75) is 38.9 Å². The van der Waals surface area contributed by atoms with Crippen molar-refractivity contribution in [2.75, 3.05) is 19.6 Å². The zero-order valence-corrected chi connectivity index (χ0v) is 18.8. The Bertz CT molecular complexity index is 1000. The number of aromatic nitrogens is 1. The van der Waals surface area contributed by atoms with Crippen molar-refractivity contribution < 1.29 is 32.9 Å². The number of ether oxygens (including phenoxy) is 3. The highest BCUT2D eigenvalue weighted by Gasteiger charge is 2.17. The molecular weight excluding hydrogens is 438 g/mol. The summed E-state index contributed by atoms with van der Waals surface area (Å²) in [5.41, 5.74) is 1.66. The van der Waals surface area contributed by atoms with E-state index in [0.717, 1.165) is 5.56 Å². The zero-order chi connectivity index (χ0) is 22.9. The van der Waals surface area contributed by atoms with E-state index in [4.69, 9.17) is 34.6 Å². The summed E-state index contributed by atoms with van der Waals surface area (Å²) < 4.78 is 27.2. The molecule has 0 aliphatic heterocycles. The fourth-order valence-electron chi connectivity index (χ4n) is 3.05.